The van der Waals surface area contributed by atoms with Gasteiger partial charge in [-0.25, -0.2) is 0 Å². The maximum atomic E-state index is 2.32. The standard InChI is InChI=1S/C29H59/c1-4-7-10-13-16-17-18-19-22-25-28-29(26-23-20-14-11-8-5-2)27-24-21-15-12-9-6-3/h4-28H2,1-3H3. The normalized spacial score (nSPS) is 11.6. The van der Waals surface area contributed by atoms with Gasteiger partial charge in [0.2, 0.25) is 0 Å². The van der Waals surface area contributed by atoms with Crippen molar-refractivity contribution >= 4 is 0 Å². The summed E-state index contributed by atoms with van der Waals surface area (Å²) in [7, 11) is 0. The fourth-order valence-corrected chi connectivity index (χ4v) is 4.55. The number of rotatable bonds is 25. The minimum atomic E-state index is 1.37. The first-order valence-electron chi connectivity index (χ1n) is 14.2. The summed E-state index contributed by atoms with van der Waals surface area (Å²) >= 11 is 0. The second kappa shape index (κ2) is 26.0. The van der Waals surface area contributed by atoms with Crippen molar-refractivity contribution in [3.63, 3.8) is 0 Å². The minimum absolute atomic E-state index is 1.37. The van der Waals surface area contributed by atoms with Gasteiger partial charge in [-0.3, -0.25) is 0 Å². The van der Waals surface area contributed by atoms with Gasteiger partial charge in [0.25, 0.3) is 0 Å². The van der Waals surface area contributed by atoms with E-state index in [9.17, 15) is 0 Å². The van der Waals surface area contributed by atoms with E-state index in [1.165, 1.54) is 161 Å². The van der Waals surface area contributed by atoms with Crippen LogP contribution in [0.1, 0.15) is 181 Å². The van der Waals surface area contributed by atoms with Crippen molar-refractivity contribution < 1.29 is 0 Å². The Morgan fingerprint density at radius 1 is 0.276 bits per heavy atom. The van der Waals surface area contributed by atoms with E-state index < -0.39 is 0 Å². The highest BCUT2D eigenvalue weighted by Gasteiger charge is 2.09. The molecule has 0 aromatic carbocycles. The fraction of sp³-hybridized carbons (Fsp3) is 0.966. The molecule has 0 aromatic heterocycles. The molecule has 0 aliphatic heterocycles. The van der Waals surface area contributed by atoms with Crippen LogP contribution in [-0.4, -0.2) is 0 Å². The fourth-order valence-electron chi connectivity index (χ4n) is 4.55. The summed E-state index contributed by atoms with van der Waals surface area (Å²) in [5, 5.41) is 0. The molecule has 0 saturated heterocycles. The molecule has 0 spiro atoms. The van der Waals surface area contributed by atoms with E-state index in [0.29, 0.717) is 0 Å². The first kappa shape index (κ1) is 29.0. The van der Waals surface area contributed by atoms with E-state index in [4.69, 9.17) is 0 Å². The molecule has 0 nitrogen and oxygen atoms in total. The molecule has 0 heteroatoms. The van der Waals surface area contributed by atoms with E-state index in [1.54, 1.807) is 0 Å². The highest BCUT2D eigenvalue weighted by Crippen LogP contribution is 2.26. The molecule has 0 N–H and O–H groups in total. The summed E-state index contributed by atoms with van der Waals surface area (Å²) in [4.78, 5) is 0. The zero-order chi connectivity index (χ0) is 21.3. The largest absolute Gasteiger partial charge is 0.0654 e. The lowest BCUT2D eigenvalue weighted by Gasteiger charge is -2.16. The van der Waals surface area contributed by atoms with Crippen LogP contribution in [0.15, 0.2) is 0 Å². The maximum Gasteiger partial charge on any atom is -0.0241 e. The Balaban J connectivity index is 3.74. The Morgan fingerprint density at radius 3 is 0.724 bits per heavy atom. The lowest BCUT2D eigenvalue weighted by atomic mass is 9.89. The van der Waals surface area contributed by atoms with Crippen molar-refractivity contribution in [3.8, 4) is 0 Å². The molecule has 0 unspecified atom stereocenters. The van der Waals surface area contributed by atoms with Crippen LogP contribution in [0, 0.1) is 5.92 Å². The topological polar surface area (TPSA) is 0 Å². The van der Waals surface area contributed by atoms with Gasteiger partial charge in [-0.1, -0.05) is 162 Å². The smallest absolute Gasteiger partial charge is 0.0241 e. The number of hydrogen-bond donors (Lipinski definition) is 0. The summed E-state index contributed by atoms with van der Waals surface area (Å²) in [5.41, 5.74) is 0. The van der Waals surface area contributed by atoms with Crippen molar-refractivity contribution in [1.29, 1.82) is 0 Å². The summed E-state index contributed by atoms with van der Waals surface area (Å²) < 4.78 is 0. The molecule has 0 amide bonds. The molecule has 0 bridgehead atoms. The molecule has 175 valence electrons. The van der Waals surface area contributed by atoms with Crippen LogP contribution in [0.5, 0.6) is 0 Å². The maximum absolute atomic E-state index is 2.32. The van der Waals surface area contributed by atoms with Crippen LogP contribution in [0.25, 0.3) is 0 Å². The average molecular weight is 408 g/mol. The van der Waals surface area contributed by atoms with Gasteiger partial charge >= 0.3 is 0 Å². The van der Waals surface area contributed by atoms with Gasteiger partial charge in [0.05, 0.1) is 0 Å². The molecule has 0 heterocycles. The van der Waals surface area contributed by atoms with Gasteiger partial charge in [-0.05, 0) is 25.2 Å². The summed E-state index contributed by atoms with van der Waals surface area (Å²) in [5.74, 6) is 1.93. The van der Waals surface area contributed by atoms with E-state index in [-0.39, 0.29) is 0 Å². The molecule has 0 saturated carbocycles. The third kappa shape index (κ3) is 24.1. The van der Waals surface area contributed by atoms with Crippen LogP contribution in [0.4, 0.5) is 0 Å². The van der Waals surface area contributed by atoms with Crippen LogP contribution in [-0.2, 0) is 0 Å². The second-order valence-corrected chi connectivity index (χ2v) is 9.72. The first-order valence-corrected chi connectivity index (χ1v) is 14.2. The number of unbranched alkanes of at least 4 members (excludes halogenated alkanes) is 19. The molecule has 1 radical (unpaired) electrons. The van der Waals surface area contributed by atoms with Gasteiger partial charge in [-0.2, -0.15) is 0 Å². The van der Waals surface area contributed by atoms with E-state index in [1.807, 2.05) is 5.92 Å². The molecular weight excluding hydrogens is 348 g/mol. The molecule has 0 atom stereocenters. The second-order valence-electron chi connectivity index (χ2n) is 9.72. The quantitative estimate of drug-likeness (QED) is 0.132. The summed E-state index contributed by atoms with van der Waals surface area (Å²) in [6.07, 6.45) is 36.3. The molecule has 0 aromatic rings. The summed E-state index contributed by atoms with van der Waals surface area (Å²) in [6, 6.07) is 0. The van der Waals surface area contributed by atoms with Gasteiger partial charge in [0.1, 0.15) is 0 Å². The predicted octanol–water partition coefficient (Wildman–Crippen LogP) is 11.4. The van der Waals surface area contributed by atoms with Crippen molar-refractivity contribution in [2.75, 3.05) is 0 Å². The Hall–Kier alpha value is 0. The third-order valence-electron chi connectivity index (χ3n) is 6.65. The van der Waals surface area contributed by atoms with Gasteiger partial charge in [0, 0.05) is 0 Å². The monoisotopic (exact) mass is 407 g/mol. The molecule has 0 fully saturated rings. The first-order chi connectivity index (χ1) is 14.3. The molecule has 0 aliphatic rings. The van der Waals surface area contributed by atoms with Gasteiger partial charge < -0.3 is 0 Å². The zero-order valence-corrected chi connectivity index (χ0v) is 21.2. The van der Waals surface area contributed by atoms with E-state index in [2.05, 4.69) is 20.8 Å². The average Bonchev–Trinajstić information content (AvgIpc) is 2.73. The molecular formula is C29H59. The van der Waals surface area contributed by atoms with E-state index >= 15 is 0 Å². The molecule has 0 aliphatic carbocycles. The Kier molecular flexibility index (Phi) is 26.0. The van der Waals surface area contributed by atoms with Gasteiger partial charge in [-0.15, -0.1) is 0 Å². The SMILES string of the molecule is CCCCCCCCCCCC[C](CCCCCCCC)CCCCCCCC. The van der Waals surface area contributed by atoms with Crippen LogP contribution < -0.4 is 0 Å². The Morgan fingerprint density at radius 2 is 0.483 bits per heavy atom. The van der Waals surface area contributed by atoms with Crippen LogP contribution in [0.3, 0.4) is 0 Å². The van der Waals surface area contributed by atoms with Gasteiger partial charge in [0.15, 0.2) is 0 Å². The molecule has 0 rings (SSSR count). The minimum Gasteiger partial charge on any atom is -0.0654 e. The molecule has 29 heavy (non-hydrogen) atoms. The van der Waals surface area contributed by atoms with Crippen molar-refractivity contribution in [3.05, 3.63) is 5.92 Å². The summed E-state index contributed by atoms with van der Waals surface area (Å²) in [6.45, 7) is 6.95. The lowest BCUT2D eigenvalue weighted by Crippen LogP contribution is -1.99. The van der Waals surface area contributed by atoms with Crippen LogP contribution in [0.2, 0.25) is 0 Å². The Bertz CT molecular complexity index is 253. The van der Waals surface area contributed by atoms with Crippen molar-refractivity contribution in [2.45, 2.75) is 181 Å². The highest BCUT2D eigenvalue weighted by molar-refractivity contribution is 4.89. The predicted molar refractivity (Wildman–Crippen MR) is 136 cm³/mol. The number of hydrogen-bond acceptors (Lipinski definition) is 0. The lowest BCUT2D eigenvalue weighted by molar-refractivity contribution is 0.508. The Labute approximate surface area is 187 Å². The van der Waals surface area contributed by atoms with Crippen molar-refractivity contribution in [1.82, 2.24) is 0 Å². The van der Waals surface area contributed by atoms with Crippen molar-refractivity contribution in [2.24, 2.45) is 0 Å². The highest BCUT2D eigenvalue weighted by atomic mass is 14.1. The van der Waals surface area contributed by atoms with Crippen LogP contribution >= 0.6 is 0 Å². The zero-order valence-electron chi connectivity index (χ0n) is 21.2. The van der Waals surface area contributed by atoms with E-state index in [0.717, 1.165) is 0 Å². The third-order valence-corrected chi connectivity index (χ3v) is 6.65.